The molecule has 18 heteroatoms. The fraction of sp³-hybridized carbons (Fsp3) is 0.500. The molecule has 10 nitrogen and oxygen atoms in total. The molecule has 0 bridgehead atoms. The number of carbonyl (C=O) groups excluding carboxylic acids is 2. The van der Waals surface area contributed by atoms with Crippen molar-refractivity contribution in [3.63, 3.8) is 0 Å². The Balaban J connectivity index is 0.000000482. The number of esters is 1. The first-order valence-corrected chi connectivity index (χ1v) is 18.3. The molecule has 0 unspecified atom stereocenters. The van der Waals surface area contributed by atoms with Crippen LogP contribution in [0.4, 0.5) is 26.3 Å². The number of nitrogens with zero attached hydrogens (tertiary/aromatic N) is 1. The Labute approximate surface area is 275 Å². The van der Waals surface area contributed by atoms with E-state index < -0.39 is 72.1 Å². The van der Waals surface area contributed by atoms with Crippen LogP contribution in [0.1, 0.15) is 95.3 Å². The van der Waals surface area contributed by atoms with E-state index in [-0.39, 0.29) is 33.8 Å². The van der Waals surface area contributed by atoms with Crippen LogP contribution in [-0.4, -0.2) is 54.3 Å². The lowest BCUT2D eigenvalue weighted by atomic mass is 9.99. The van der Waals surface area contributed by atoms with Crippen LogP contribution in [0.25, 0.3) is 0 Å². The van der Waals surface area contributed by atoms with Crippen LogP contribution in [0.5, 0.6) is 0 Å². The monoisotopic (exact) mass is 731 g/mol. The molecular formula is C30H39F6N3O7S2. The van der Waals surface area contributed by atoms with Crippen LogP contribution in [0.15, 0.2) is 39.0 Å². The van der Waals surface area contributed by atoms with Crippen LogP contribution < -0.4 is 11.5 Å². The summed E-state index contributed by atoms with van der Waals surface area (Å²) in [5, 5.41) is 0. The van der Waals surface area contributed by atoms with Crippen LogP contribution in [0.2, 0.25) is 0 Å². The lowest BCUT2D eigenvalue weighted by Gasteiger charge is -2.16. The van der Waals surface area contributed by atoms with Crippen molar-refractivity contribution in [2.24, 2.45) is 16.5 Å². The molecule has 2 aromatic rings. The molecular weight excluding hydrogens is 692 g/mol. The Morgan fingerprint density at radius 1 is 0.708 bits per heavy atom. The van der Waals surface area contributed by atoms with E-state index in [2.05, 4.69) is 9.73 Å². The van der Waals surface area contributed by atoms with Crippen LogP contribution >= 0.6 is 0 Å². The van der Waals surface area contributed by atoms with Crippen molar-refractivity contribution >= 4 is 37.5 Å². The first kappa shape index (κ1) is 42.4. The number of aliphatic imine (C=N–C) groups is 1. The van der Waals surface area contributed by atoms with Gasteiger partial charge in [0.2, 0.25) is 0 Å². The van der Waals surface area contributed by atoms with E-state index in [1.165, 1.54) is 0 Å². The van der Waals surface area contributed by atoms with Crippen molar-refractivity contribution in [3.05, 3.63) is 57.6 Å². The number of unbranched alkanes of at least 4 members (excludes halogenated alkanes) is 4. The van der Waals surface area contributed by atoms with Gasteiger partial charge in [0.25, 0.3) is 5.91 Å². The molecule has 0 aromatic heterocycles. The summed E-state index contributed by atoms with van der Waals surface area (Å²) in [7, 11) is -6.68. The molecule has 0 spiro atoms. The number of nitrogens with two attached hydrogens (primary N) is 2. The summed E-state index contributed by atoms with van der Waals surface area (Å²) in [6.07, 6.45) is -3.26. The highest BCUT2D eigenvalue weighted by atomic mass is 32.2. The number of benzene rings is 2. The summed E-state index contributed by atoms with van der Waals surface area (Å²) < 4.78 is 132. The predicted octanol–water partition coefficient (Wildman–Crippen LogP) is 5.88. The van der Waals surface area contributed by atoms with E-state index in [1.807, 2.05) is 13.8 Å². The van der Waals surface area contributed by atoms with Gasteiger partial charge in [-0.2, -0.15) is 31.3 Å². The summed E-state index contributed by atoms with van der Waals surface area (Å²) in [6, 6.07) is 2.92. The van der Waals surface area contributed by atoms with Gasteiger partial charge in [0.05, 0.1) is 39.2 Å². The van der Waals surface area contributed by atoms with Gasteiger partial charge in [-0.1, -0.05) is 39.5 Å². The van der Waals surface area contributed by atoms with E-state index in [9.17, 15) is 52.8 Å². The van der Waals surface area contributed by atoms with Gasteiger partial charge >= 0.3 is 18.3 Å². The summed E-state index contributed by atoms with van der Waals surface area (Å²) in [6.45, 7) is 3.84. The first-order valence-electron chi connectivity index (χ1n) is 14.5. The van der Waals surface area contributed by atoms with Crippen molar-refractivity contribution in [1.29, 1.82) is 0 Å². The number of methoxy groups -OCH3 is 1. The zero-order valence-corrected chi connectivity index (χ0v) is 28.6. The molecule has 0 radical (unpaired) electrons. The minimum Gasteiger partial charge on any atom is -0.465 e. The molecule has 48 heavy (non-hydrogen) atoms. The second-order valence-electron chi connectivity index (χ2n) is 10.8. The zero-order chi connectivity index (χ0) is 37.3. The van der Waals surface area contributed by atoms with Gasteiger partial charge in [-0.3, -0.25) is 4.79 Å². The van der Waals surface area contributed by atoms with E-state index >= 15 is 0 Å². The fourth-order valence-corrected chi connectivity index (χ4v) is 6.50. The van der Waals surface area contributed by atoms with Crippen molar-refractivity contribution in [2.75, 3.05) is 19.6 Å². The number of sulfone groups is 2. The fourth-order valence-electron chi connectivity index (χ4n) is 4.56. The van der Waals surface area contributed by atoms with E-state index in [1.54, 1.807) is 0 Å². The van der Waals surface area contributed by atoms with Gasteiger partial charge in [0.1, 0.15) is 0 Å². The predicted molar refractivity (Wildman–Crippen MR) is 167 cm³/mol. The minimum atomic E-state index is -4.86. The Kier molecular flexibility index (Phi) is 15.1. The van der Waals surface area contributed by atoms with E-state index in [0.717, 1.165) is 57.4 Å². The van der Waals surface area contributed by atoms with Crippen LogP contribution in [0.3, 0.4) is 0 Å². The molecule has 2 aromatic carbocycles. The maximum atomic E-state index is 13.3. The van der Waals surface area contributed by atoms with Crippen molar-refractivity contribution in [2.45, 2.75) is 87.4 Å². The van der Waals surface area contributed by atoms with Gasteiger partial charge in [0.15, 0.2) is 25.6 Å². The van der Waals surface area contributed by atoms with Crippen LogP contribution in [-0.2, 0) is 49.6 Å². The smallest absolute Gasteiger partial charge is 0.417 e. The lowest BCUT2D eigenvalue weighted by Crippen LogP contribution is -2.25. The number of guanidine groups is 1. The van der Waals surface area contributed by atoms with Crippen molar-refractivity contribution < 1.29 is 57.5 Å². The zero-order valence-electron chi connectivity index (χ0n) is 27.0. The molecule has 0 aliphatic rings. The molecule has 0 atom stereocenters. The summed E-state index contributed by atoms with van der Waals surface area (Å²) in [4.78, 5) is 26.0. The van der Waals surface area contributed by atoms with Gasteiger partial charge < -0.3 is 16.2 Å². The molecule has 1 amide bonds. The molecule has 0 saturated carbocycles. The average Bonchev–Trinajstić information content (AvgIpc) is 2.94. The number of halogens is 6. The molecule has 2 rings (SSSR count). The standard InChI is InChI=1S/C15H20F3N3O3S.C15H19F3O4S/c1-3-4-5-6-9-7-11(15(16,17)18)10(13(22)21-14(19)20)8-12(9)25(2,23)24;1-4-5-6-7-10-8-12(15(16,17)18)11(14(19)22-2)9-13(10)23(3,20)21/h7-8H,3-6H2,1-2H3,(H4,19,20,21,22);8-9H,4-7H2,1-3H3. The van der Waals surface area contributed by atoms with Crippen molar-refractivity contribution in [1.82, 2.24) is 0 Å². The van der Waals surface area contributed by atoms with Gasteiger partial charge in [-0.25, -0.2) is 21.6 Å². The summed E-state index contributed by atoms with van der Waals surface area (Å²) >= 11 is 0. The Morgan fingerprint density at radius 3 is 1.40 bits per heavy atom. The first-order chi connectivity index (χ1) is 21.9. The Morgan fingerprint density at radius 2 is 1.08 bits per heavy atom. The molecule has 0 saturated heterocycles. The number of hydrogen-bond acceptors (Lipinski definition) is 7. The summed E-state index contributed by atoms with van der Waals surface area (Å²) in [5.41, 5.74) is 6.02. The number of alkyl halides is 6. The van der Waals surface area contributed by atoms with Gasteiger partial charge in [-0.15, -0.1) is 0 Å². The third-order valence-corrected chi connectivity index (χ3v) is 9.13. The molecule has 0 heterocycles. The average molecular weight is 732 g/mol. The highest BCUT2D eigenvalue weighted by Gasteiger charge is 2.38. The Hall–Kier alpha value is -3.67. The Bertz CT molecular complexity index is 1720. The maximum Gasteiger partial charge on any atom is 0.417 e. The SMILES string of the molecule is CCCCCc1cc(C(F)(F)F)c(C(=O)N=C(N)N)cc1S(C)(=O)=O.CCCCCc1cc(C(F)(F)F)c(C(=O)OC)cc1S(C)(=O)=O. The molecule has 0 aliphatic heterocycles. The molecule has 0 aliphatic carbocycles. The highest BCUT2D eigenvalue weighted by Crippen LogP contribution is 2.37. The largest absolute Gasteiger partial charge is 0.465 e. The molecule has 4 N–H and O–H groups in total. The number of ether oxygens (including phenoxy) is 1. The third-order valence-electron chi connectivity index (χ3n) is 6.78. The van der Waals surface area contributed by atoms with E-state index in [4.69, 9.17) is 11.5 Å². The highest BCUT2D eigenvalue weighted by molar-refractivity contribution is 7.91. The lowest BCUT2D eigenvalue weighted by molar-refractivity contribution is -0.138. The second kappa shape index (κ2) is 17.1. The topological polar surface area (TPSA) is 176 Å². The number of aryl methyl sites for hydroxylation is 2. The van der Waals surface area contributed by atoms with Gasteiger partial charge in [0, 0.05) is 12.5 Å². The number of carbonyl (C=O) groups is 2. The van der Waals surface area contributed by atoms with Gasteiger partial charge in [-0.05, 0) is 61.1 Å². The quantitative estimate of drug-likeness (QED) is 0.0887. The third kappa shape index (κ3) is 12.4. The number of hydrogen-bond donors (Lipinski definition) is 2. The minimum absolute atomic E-state index is 0.0181. The number of amides is 1. The molecule has 270 valence electrons. The second-order valence-corrected chi connectivity index (χ2v) is 14.8. The van der Waals surface area contributed by atoms with E-state index in [0.29, 0.717) is 25.0 Å². The molecule has 0 fully saturated rings. The van der Waals surface area contributed by atoms with Crippen LogP contribution in [0, 0.1) is 0 Å². The summed E-state index contributed by atoms with van der Waals surface area (Å²) in [5.74, 6) is -3.29. The number of rotatable bonds is 12. The van der Waals surface area contributed by atoms with Crippen molar-refractivity contribution in [3.8, 4) is 0 Å². The normalized spacial score (nSPS) is 12.1. The maximum absolute atomic E-state index is 13.3.